The summed E-state index contributed by atoms with van der Waals surface area (Å²) in [4.78, 5) is 12.4. The zero-order chi connectivity index (χ0) is 11.8. The lowest BCUT2D eigenvalue weighted by Crippen LogP contribution is -2.14. The van der Waals surface area contributed by atoms with Crippen LogP contribution in [0.25, 0.3) is 0 Å². The summed E-state index contributed by atoms with van der Waals surface area (Å²) in [6, 6.07) is 0. The largest absolute Gasteiger partial charge is 0.294 e. The summed E-state index contributed by atoms with van der Waals surface area (Å²) in [5.41, 5.74) is 2.50. The van der Waals surface area contributed by atoms with Gasteiger partial charge in [0.2, 0.25) is 0 Å². The highest BCUT2D eigenvalue weighted by atomic mass is 16.1. The van der Waals surface area contributed by atoms with E-state index in [1.807, 2.05) is 0 Å². The zero-order valence-corrected chi connectivity index (χ0v) is 10.7. The molecule has 0 bridgehead atoms. The number of hydrogen-bond acceptors (Lipinski definition) is 1. The molecular formula is C16H22O. The first-order chi connectivity index (χ1) is 8.29. The summed E-state index contributed by atoms with van der Waals surface area (Å²) >= 11 is 0. The van der Waals surface area contributed by atoms with Crippen LogP contribution in [0.4, 0.5) is 0 Å². The average Bonchev–Trinajstić information content (AvgIpc) is 3.18. The third-order valence-corrected chi connectivity index (χ3v) is 4.24. The van der Waals surface area contributed by atoms with E-state index >= 15 is 0 Å². The van der Waals surface area contributed by atoms with Gasteiger partial charge in [-0.1, -0.05) is 25.5 Å². The highest BCUT2D eigenvalue weighted by Crippen LogP contribution is 2.47. The lowest BCUT2D eigenvalue weighted by Gasteiger charge is -2.09. The maximum atomic E-state index is 12.4. The van der Waals surface area contributed by atoms with Crippen LogP contribution in [0.1, 0.15) is 51.9 Å². The van der Waals surface area contributed by atoms with E-state index in [-0.39, 0.29) is 5.92 Å². The lowest BCUT2D eigenvalue weighted by molar-refractivity contribution is -0.118. The molecule has 1 atom stereocenters. The highest BCUT2D eigenvalue weighted by Gasteiger charge is 2.42. The second-order valence-corrected chi connectivity index (χ2v) is 5.96. The molecule has 2 saturated carbocycles. The first kappa shape index (κ1) is 11.3. The van der Waals surface area contributed by atoms with Gasteiger partial charge in [-0.2, -0.15) is 0 Å². The van der Waals surface area contributed by atoms with E-state index in [0.717, 1.165) is 24.3 Å². The standard InChI is InChI=1S/C16H22O/c1-2-3-4-13-10-14(9-11-5-6-11)15(16(13)17)12-7-8-12/h9-12,15H,2-8H2,1H3/b14-9-. The van der Waals surface area contributed by atoms with Gasteiger partial charge in [0.25, 0.3) is 0 Å². The van der Waals surface area contributed by atoms with E-state index in [2.05, 4.69) is 19.1 Å². The molecule has 2 fully saturated rings. The fraction of sp³-hybridized carbons (Fsp3) is 0.688. The van der Waals surface area contributed by atoms with Crippen LogP contribution in [0.15, 0.2) is 23.3 Å². The number of allylic oxidation sites excluding steroid dienone is 4. The topological polar surface area (TPSA) is 17.1 Å². The van der Waals surface area contributed by atoms with Crippen LogP contribution in [-0.4, -0.2) is 5.78 Å². The van der Waals surface area contributed by atoms with Crippen molar-refractivity contribution < 1.29 is 4.79 Å². The summed E-state index contributed by atoms with van der Waals surface area (Å²) in [6.07, 6.45) is 13.2. The Kier molecular flexibility index (Phi) is 2.94. The second kappa shape index (κ2) is 4.44. The van der Waals surface area contributed by atoms with Gasteiger partial charge < -0.3 is 0 Å². The molecule has 3 rings (SSSR count). The molecule has 0 N–H and O–H groups in total. The molecule has 1 heteroatoms. The smallest absolute Gasteiger partial charge is 0.166 e. The predicted molar refractivity (Wildman–Crippen MR) is 69.6 cm³/mol. The normalized spacial score (nSPS) is 31.1. The molecule has 0 aliphatic heterocycles. The Balaban J connectivity index is 1.78. The van der Waals surface area contributed by atoms with Crippen LogP contribution in [0, 0.1) is 17.8 Å². The first-order valence-corrected chi connectivity index (χ1v) is 7.26. The summed E-state index contributed by atoms with van der Waals surface area (Å²) in [7, 11) is 0. The van der Waals surface area contributed by atoms with E-state index in [4.69, 9.17) is 0 Å². The summed E-state index contributed by atoms with van der Waals surface area (Å²) in [5.74, 6) is 2.21. The summed E-state index contributed by atoms with van der Waals surface area (Å²) in [6.45, 7) is 2.19. The zero-order valence-electron chi connectivity index (χ0n) is 10.7. The molecular weight excluding hydrogens is 208 g/mol. The van der Waals surface area contributed by atoms with Crippen molar-refractivity contribution in [3.05, 3.63) is 23.3 Å². The number of carbonyl (C=O) groups is 1. The van der Waals surface area contributed by atoms with E-state index in [9.17, 15) is 4.79 Å². The van der Waals surface area contributed by atoms with E-state index < -0.39 is 0 Å². The maximum Gasteiger partial charge on any atom is 0.166 e. The van der Waals surface area contributed by atoms with Crippen molar-refractivity contribution in [1.82, 2.24) is 0 Å². The molecule has 0 heterocycles. The van der Waals surface area contributed by atoms with Crippen LogP contribution in [-0.2, 0) is 4.79 Å². The molecule has 0 radical (unpaired) electrons. The third-order valence-electron chi connectivity index (χ3n) is 4.24. The molecule has 0 spiro atoms. The SMILES string of the molecule is CCCCC1=C/C(=C/C2CC2)C(C2CC2)C1=O. The molecule has 0 amide bonds. The second-order valence-electron chi connectivity index (χ2n) is 5.96. The molecule has 0 aromatic rings. The number of hydrogen-bond donors (Lipinski definition) is 0. The number of carbonyl (C=O) groups excluding carboxylic acids is 1. The molecule has 0 aromatic heterocycles. The van der Waals surface area contributed by atoms with Crippen LogP contribution >= 0.6 is 0 Å². The predicted octanol–water partition coefficient (Wildman–Crippen LogP) is 4.05. The minimum Gasteiger partial charge on any atom is -0.294 e. The molecule has 3 aliphatic carbocycles. The van der Waals surface area contributed by atoms with Crippen molar-refractivity contribution in [2.75, 3.05) is 0 Å². The Morgan fingerprint density at radius 1 is 1.29 bits per heavy atom. The van der Waals surface area contributed by atoms with Gasteiger partial charge in [0.15, 0.2) is 5.78 Å². The maximum absolute atomic E-state index is 12.4. The Bertz CT molecular complexity index is 380. The van der Waals surface area contributed by atoms with Gasteiger partial charge in [0.05, 0.1) is 0 Å². The summed E-state index contributed by atoms with van der Waals surface area (Å²) in [5, 5.41) is 0. The number of Topliss-reactive ketones (excluding diaryl/α,β-unsaturated/α-hetero) is 1. The summed E-state index contributed by atoms with van der Waals surface area (Å²) < 4.78 is 0. The van der Waals surface area contributed by atoms with Gasteiger partial charge in [0.1, 0.15) is 0 Å². The Morgan fingerprint density at radius 2 is 2.06 bits per heavy atom. The molecule has 0 saturated heterocycles. The number of unbranched alkanes of at least 4 members (excludes halogenated alkanes) is 1. The first-order valence-electron chi connectivity index (χ1n) is 7.26. The minimum atomic E-state index is 0.266. The van der Waals surface area contributed by atoms with E-state index in [1.165, 1.54) is 37.7 Å². The van der Waals surface area contributed by atoms with Crippen molar-refractivity contribution in [3.63, 3.8) is 0 Å². The van der Waals surface area contributed by atoms with Gasteiger partial charge >= 0.3 is 0 Å². The Labute approximate surface area is 104 Å². The molecule has 3 aliphatic rings. The fourth-order valence-corrected chi connectivity index (χ4v) is 2.88. The van der Waals surface area contributed by atoms with E-state index in [1.54, 1.807) is 0 Å². The van der Waals surface area contributed by atoms with Gasteiger partial charge in [-0.3, -0.25) is 4.79 Å². The molecule has 17 heavy (non-hydrogen) atoms. The van der Waals surface area contributed by atoms with Crippen molar-refractivity contribution in [2.24, 2.45) is 17.8 Å². The monoisotopic (exact) mass is 230 g/mol. The highest BCUT2D eigenvalue weighted by molar-refractivity contribution is 6.03. The average molecular weight is 230 g/mol. The van der Waals surface area contributed by atoms with Gasteiger partial charge in [0, 0.05) is 5.92 Å². The van der Waals surface area contributed by atoms with E-state index in [0.29, 0.717) is 11.7 Å². The third kappa shape index (κ3) is 2.38. The van der Waals surface area contributed by atoms with Crippen molar-refractivity contribution in [3.8, 4) is 0 Å². The van der Waals surface area contributed by atoms with Gasteiger partial charge in [-0.25, -0.2) is 0 Å². The van der Waals surface area contributed by atoms with Crippen molar-refractivity contribution in [1.29, 1.82) is 0 Å². The Hall–Kier alpha value is -0.850. The van der Waals surface area contributed by atoms with Crippen molar-refractivity contribution in [2.45, 2.75) is 51.9 Å². The van der Waals surface area contributed by atoms with Crippen molar-refractivity contribution >= 4 is 5.78 Å². The van der Waals surface area contributed by atoms with Gasteiger partial charge in [-0.05, 0) is 61.5 Å². The molecule has 1 nitrogen and oxygen atoms in total. The molecule has 1 unspecified atom stereocenters. The minimum absolute atomic E-state index is 0.266. The molecule has 0 aromatic carbocycles. The molecule has 92 valence electrons. The number of rotatable bonds is 5. The van der Waals surface area contributed by atoms with Crippen LogP contribution in [0.3, 0.4) is 0 Å². The Morgan fingerprint density at radius 3 is 2.65 bits per heavy atom. The van der Waals surface area contributed by atoms with Crippen LogP contribution in [0.2, 0.25) is 0 Å². The fourth-order valence-electron chi connectivity index (χ4n) is 2.88. The number of ketones is 1. The van der Waals surface area contributed by atoms with Crippen LogP contribution < -0.4 is 0 Å². The quantitative estimate of drug-likeness (QED) is 0.696. The lowest BCUT2D eigenvalue weighted by atomic mass is 9.92. The van der Waals surface area contributed by atoms with Gasteiger partial charge in [-0.15, -0.1) is 0 Å². The van der Waals surface area contributed by atoms with Crippen LogP contribution in [0.5, 0.6) is 0 Å².